The van der Waals surface area contributed by atoms with E-state index >= 15 is 0 Å². The first-order valence-corrected chi connectivity index (χ1v) is 7.31. The third-order valence-corrected chi connectivity index (χ3v) is 3.50. The molecule has 21 heavy (non-hydrogen) atoms. The van der Waals surface area contributed by atoms with Gasteiger partial charge < -0.3 is 21.5 Å². The van der Waals surface area contributed by atoms with Gasteiger partial charge in [0, 0.05) is 30.5 Å². The second-order valence-electron chi connectivity index (χ2n) is 5.18. The van der Waals surface area contributed by atoms with Crippen molar-refractivity contribution < 1.29 is 4.74 Å². The van der Waals surface area contributed by atoms with Gasteiger partial charge in [-0.15, -0.1) is 0 Å². The van der Waals surface area contributed by atoms with E-state index in [1.807, 2.05) is 31.3 Å². The Morgan fingerprint density at radius 1 is 1.52 bits per heavy atom. The van der Waals surface area contributed by atoms with E-state index in [1.54, 1.807) is 0 Å². The number of rotatable bonds is 4. The van der Waals surface area contributed by atoms with Crippen molar-refractivity contribution in [3.8, 4) is 11.8 Å². The molecule has 2 rings (SSSR count). The highest BCUT2D eigenvalue weighted by molar-refractivity contribution is 5.66. The summed E-state index contributed by atoms with van der Waals surface area (Å²) in [6.45, 7) is 4.08. The molecule has 1 saturated heterocycles. The van der Waals surface area contributed by atoms with Gasteiger partial charge in [0.05, 0.1) is 18.3 Å². The standard InChI is InChI=1S/C17H23N3O/c1-13-10-14(4-2-8-18)6-7-16(13)17(19)12-20-11-15-5-3-9-21-15/h6-7,10,12,15,20H,3,5,8-9,11,18-19H2,1H3/b17-12-. The molecule has 1 aromatic carbocycles. The first-order chi connectivity index (χ1) is 10.2. The highest BCUT2D eigenvalue weighted by Crippen LogP contribution is 2.16. The second-order valence-corrected chi connectivity index (χ2v) is 5.18. The molecule has 0 aromatic heterocycles. The molecule has 0 bridgehead atoms. The average molecular weight is 285 g/mol. The minimum absolute atomic E-state index is 0.309. The lowest BCUT2D eigenvalue weighted by Gasteiger charge is -2.11. The minimum atomic E-state index is 0.309. The highest BCUT2D eigenvalue weighted by atomic mass is 16.5. The lowest BCUT2D eigenvalue weighted by molar-refractivity contribution is 0.113. The third-order valence-electron chi connectivity index (χ3n) is 3.50. The van der Waals surface area contributed by atoms with Gasteiger partial charge in [-0.2, -0.15) is 0 Å². The van der Waals surface area contributed by atoms with Crippen molar-refractivity contribution in [1.82, 2.24) is 5.32 Å². The molecule has 1 aliphatic heterocycles. The van der Waals surface area contributed by atoms with Gasteiger partial charge in [-0.25, -0.2) is 0 Å². The van der Waals surface area contributed by atoms with Crippen LogP contribution in [0.4, 0.5) is 0 Å². The molecule has 0 radical (unpaired) electrons. The van der Waals surface area contributed by atoms with Crippen molar-refractivity contribution in [2.24, 2.45) is 11.5 Å². The Labute approximate surface area is 126 Å². The predicted octanol–water partition coefficient (Wildman–Crippen LogP) is 1.33. The average Bonchev–Trinajstić information content (AvgIpc) is 2.98. The lowest BCUT2D eigenvalue weighted by Crippen LogP contribution is -2.23. The molecule has 112 valence electrons. The van der Waals surface area contributed by atoms with Gasteiger partial charge in [0.15, 0.2) is 0 Å². The maximum Gasteiger partial charge on any atom is 0.0748 e. The van der Waals surface area contributed by atoms with Gasteiger partial charge >= 0.3 is 0 Å². The van der Waals surface area contributed by atoms with Crippen LogP contribution in [-0.2, 0) is 4.74 Å². The molecular formula is C17H23N3O. The van der Waals surface area contributed by atoms with Crippen molar-refractivity contribution in [3.05, 3.63) is 41.1 Å². The normalized spacial score (nSPS) is 18.2. The van der Waals surface area contributed by atoms with Crippen LogP contribution < -0.4 is 16.8 Å². The van der Waals surface area contributed by atoms with Crippen molar-refractivity contribution >= 4 is 5.70 Å². The predicted molar refractivity (Wildman–Crippen MR) is 86.3 cm³/mol. The topological polar surface area (TPSA) is 73.3 Å². The van der Waals surface area contributed by atoms with Crippen molar-refractivity contribution in [1.29, 1.82) is 0 Å². The number of aryl methyl sites for hydroxylation is 1. The van der Waals surface area contributed by atoms with E-state index in [0.29, 0.717) is 12.6 Å². The van der Waals surface area contributed by atoms with Crippen LogP contribution in [0.25, 0.3) is 5.70 Å². The molecule has 5 N–H and O–H groups in total. The van der Waals surface area contributed by atoms with Crippen LogP contribution in [0.15, 0.2) is 24.4 Å². The lowest BCUT2D eigenvalue weighted by atomic mass is 10.0. The molecule has 1 aliphatic rings. The van der Waals surface area contributed by atoms with E-state index in [0.717, 1.165) is 48.4 Å². The zero-order valence-electron chi connectivity index (χ0n) is 12.5. The van der Waals surface area contributed by atoms with E-state index in [9.17, 15) is 0 Å². The first kappa shape index (κ1) is 15.4. The molecule has 1 fully saturated rings. The molecule has 4 nitrogen and oxygen atoms in total. The Hall–Kier alpha value is -1.96. The monoisotopic (exact) mass is 285 g/mol. The van der Waals surface area contributed by atoms with Gasteiger partial charge in [-0.1, -0.05) is 17.9 Å². The second kappa shape index (κ2) is 7.72. The third kappa shape index (κ3) is 4.52. The molecule has 1 unspecified atom stereocenters. The fourth-order valence-corrected chi connectivity index (χ4v) is 2.40. The molecule has 0 aliphatic carbocycles. The number of nitrogens with one attached hydrogen (secondary N) is 1. The van der Waals surface area contributed by atoms with Crippen LogP contribution in [0.1, 0.15) is 29.5 Å². The summed E-state index contributed by atoms with van der Waals surface area (Å²) in [4.78, 5) is 0. The SMILES string of the molecule is Cc1cc(C#CCN)ccc1/C(N)=C/NCC1CCCO1. The van der Waals surface area contributed by atoms with Crippen molar-refractivity contribution in [3.63, 3.8) is 0 Å². The fourth-order valence-electron chi connectivity index (χ4n) is 2.40. The maximum absolute atomic E-state index is 6.13. The van der Waals surface area contributed by atoms with E-state index in [-0.39, 0.29) is 0 Å². The summed E-state index contributed by atoms with van der Waals surface area (Å²) in [5.74, 6) is 5.88. The van der Waals surface area contributed by atoms with Crippen LogP contribution in [0.3, 0.4) is 0 Å². The molecule has 1 atom stereocenters. The molecular weight excluding hydrogens is 262 g/mol. The molecule has 1 heterocycles. The Kier molecular flexibility index (Phi) is 5.68. The summed E-state index contributed by atoms with van der Waals surface area (Å²) in [5.41, 5.74) is 15.3. The Morgan fingerprint density at radius 2 is 2.38 bits per heavy atom. The first-order valence-electron chi connectivity index (χ1n) is 7.31. The molecule has 0 spiro atoms. The van der Waals surface area contributed by atoms with Gasteiger partial charge in [-0.05, 0) is 37.5 Å². The van der Waals surface area contributed by atoms with Crippen molar-refractivity contribution in [2.75, 3.05) is 19.7 Å². The van der Waals surface area contributed by atoms with E-state index in [2.05, 4.69) is 17.2 Å². The number of ether oxygens (including phenoxy) is 1. The highest BCUT2D eigenvalue weighted by Gasteiger charge is 2.14. The number of benzene rings is 1. The van der Waals surface area contributed by atoms with E-state index in [4.69, 9.17) is 16.2 Å². The Balaban J connectivity index is 1.99. The molecule has 1 aromatic rings. The van der Waals surface area contributed by atoms with Crippen LogP contribution in [-0.4, -0.2) is 25.8 Å². The molecule has 0 amide bonds. The van der Waals surface area contributed by atoms with Crippen LogP contribution in [0.2, 0.25) is 0 Å². The molecule has 0 saturated carbocycles. The number of hydrogen-bond donors (Lipinski definition) is 3. The van der Waals surface area contributed by atoms with Crippen molar-refractivity contribution in [2.45, 2.75) is 25.9 Å². The zero-order valence-corrected chi connectivity index (χ0v) is 12.5. The smallest absolute Gasteiger partial charge is 0.0748 e. The molecule has 4 heteroatoms. The number of hydrogen-bond acceptors (Lipinski definition) is 4. The van der Waals surface area contributed by atoms with Crippen LogP contribution >= 0.6 is 0 Å². The largest absolute Gasteiger partial charge is 0.397 e. The minimum Gasteiger partial charge on any atom is -0.397 e. The summed E-state index contributed by atoms with van der Waals surface area (Å²) >= 11 is 0. The van der Waals surface area contributed by atoms with Gasteiger partial charge in [-0.3, -0.25) is 0 Å². The van der Waals surface area contributed by atoms with E-state index in [1.165, 1.54) is 0 Å². The maximum atomic E-state index is 6.13. The van der Waals surface area contributed by atoms with E-state index < -0.39 is 0 Å². The van der Waals surface area contributed by atoms with Crippen LogP contribution in [0, 0.1) is 18.8 Å². The van der Waals surface area contributed by atoms with Gasteiger partial charge in [0.2, 0.25) is 0 Å². The summed E-state index contributed by atoms with van der Waals surface area (Å²) in [6, 6.07) is 5.99. The fraction of sp³-hybridized carbons (Fsp3) is 0.412. The van der Waals surface area contributed by atoms with Gasteiger partial charge in [0.1, 0.15) is 0 Å². The summed E-state index contributed by atoms with van der Waals surface area (Å²) < 4.78 is 5.56. The quantitative estimate of drug-likeness (QED) is 0.730. The Morgan fingerprint density at radius 3 is 3.05 bits per heavy atom. The zero-order chi connectivity index (χ0) is 15.1. The summed E-state index contributed by atoms with van der Waals surface area (Å²) in [6.07, 6.45) is 4.43. The summed E-state index contributed by atoms with van der Waals surface area (Å²) in [5, 5.41) is 3.25. The summed E-state index contributed by atoms with van der Waals surface area (Å²) in [7, 11) is 0. The van der Waals surface area contributed by atoms with Gasteiger partial charge in [0.25, 0.3) is 0 Å². The van der Waals surface area contributed by atoms with Crippen LogP contribution in [0.5, 0.6) is 0 Å². The number of nitrogens with two attached hydrogens (primary N) is 2. The Bertz CT molecular complexity index is 563.